The summed E-state index contributed by atoms with van der Waals surface area (Å²) in [6, 6.07) is 0. The van der Waals surface area contributed by atoms with Crippen molar-refractivity contribution in [2.75, 3.05) is 12.3 Å². The van der Waals surface area contributed by atoms with Gasteiger partial charge in [0.1, 0.15) is 5.25 Å². The fourth-order valence-electron chi connectivity index (χ4n) is 1.68. The third kappa shape index (κ3) is 3.75. The molecule has 0 aromatic heterocycles. The Kier molecular flexibility index (Phi) is 3.96. The van der Waals surface area contributed by atoms with Crippen LogP contribution >= 0.6 is 0 Å². The number of nitrogens with one attached hydrogen (secondary N) is 1. The molecule has 94 valence electrons. The van der Waals surface area contributed by atoms with Crippen molar-refractivity contribution in [1.82, 2.24) is 5.32 Å². The van der Waals surface area contributed by atoms with Crippen molar-refractivity contribution in [1.29, 1.82) is 0 Å². The van der Waals surface area contributed by atoms with Gasteiger partial charge in [-0.3, -0.25) is 4.79 Å². The van der Waals surface area contributed by atoms with Crippen LogP contribution in [0.15, 0.2) is 0 Å². The first kappa shape index (κ1) is 13.4. The number of carbonyl (C=O) groups is 1. The summed E-state index contributed by atoms with van der Waals surface area (Å²) in [5.41, 5.74) is 5.20. The Morgan fingerprint density at radius 2 is 2.06 bits per heavy atom. The van der Waals surface area contributed by atoms with Crippen molar-refractivity contribution in [2.45, 2.75) is 43.9 Å². The molecular weight excluding hydrogens is 228 g/mol. The second-order valence-electron chi connectivity index (χ2n) is 5.06. The van der Waals surface area contributed by atoms with E-state index in [1.807, 2.05) is 0 Å². The molecule has 6 heteroatoms. The molecule has 1 unspecified atom stereocenters. The van der Waals surface area contributed by atoms with Gasteiger partial charge in [0.15, 0.2) is 9.84 Å². The monoisotopic (exact) mass is 248 g/mol. The normalized spacial score (nSPS) is 25.1. The predicted molar refractivity (Wildman–Crippen MR) is 62.7 cm³/mol. The molecule has 0 radical (unpaired) electrons. The first-order valence-electron chi connectivity index (χ1n) is 5.50. The molecule has 0 spiro atoms. The van der Waals surface area contributed by atoms with Crippen LogP contribution < -0.4 is 11.1 Å². The maximum absolute atomic E-state index is 11.7. The van der Waals surface area contributed by atoms with Gasteiger partial charge in [0, 0.05) is 12.1 Å². The molecule has 0 bridgehead atoms. The summed E-state index contributed by atoms with van der Waals surface area (Å²) in [7, 11) is -3.24. The zero-order valence-electron chi connectivity index (χ0n) is 9.82. The molecule has 0 aromatic rings. The van der Waals surface area contributed by atoms with E-state index in [9.17, 15) is 13.2 Å². The summed E-state index contributed by atoms with van der Waals surface area (Å²) in [4.78, 5) is 11.7. The lowest BCUT2D eigenvalue weighted by Gasteiger charge is -2.24. The van der Waals surface area contributed by atoms with Crippen LogP contribution in [0.5, 0.6) is 0 Å². The van der Waals surface area contributed by atoms with Gasteiger partial charge in [0.2, 0.25) is 5.91 Å². The number of hydrogen-bond donors (Lipinski definition) is 2. The van der Waals surface area contributed by atoms with Crippen molar-refractivity contribution in [3.05, 3.63) is 0 Å². The molecule has 1 rings (SSSR count). The first-order valence-corrected chi connectivity index (χ1v) is 7.22. The zero-order chi connectivity index (χ0) is 12.4. The van der Waals surface area contributed by atoms with Gasteiger partial charge in [-0.1, -0.05) is 6.42 Å². The highest BCUT2D eigenvalue weighted by Gasteiger charge is 2.34. The van der Waals surface area contributed by atoms with E-state index in [-0.39, 0.29) is 12.3 Å². The van der Waals surface area contributed by atoms with E-state index in [1.54, 1.807) is 13.8 Å². The van der Waals surface area contributed by atoms with Gasteiger partial charge in [-0.2, -0.15) is 0 Å². The van der Waals surface area contributed by atoms with Crippen LogP contribution in [-0.4, -0.2) is 37.4 Å². The number of sulfone groups is 1. The molecule has 1 amide bonds. The number of amides is 1. The summed E-state index contributed by atoms with van der Waals surface area (Å²) in [6.07, 6.45) is 1.89. The molecule has 0 saturated carbocycles. The predicted octanol–water partition coefficient (Wildman–Crippen LogP) is -0.193. The zero-order valence-corrected chi connectivity index (χ0v) is 10.6. The van der Waals surface area contributed by atoms with Gasteiger partial charge < -0.3 is 11.1 Å². The molecule has 16 heavy (non-hydrogen) atoms. The van der Waals surface area contributed by atoms with Crippen LogP contribution in [0.25, 0.3) is 0 Å². The van der Waals surface area contributed by atoms with Crippen LogP contribution in [0.3, 0.4) is 0 Å². The van der Waals surface area contributed by atoms with Crippen LogP contribution in [0.2, 0.25) is 0 Å². The van der Waals surface area contributed by atoms with Gasteiger partial charge in [-0.05, 0) is 26.7 Å². The highest BCUT2D eigenvalue weighted by atomic mass is 32.2. The molecule has 1 aliphatic rings. The molecule has 0 aromatic carbocycles. The molecule has 1 fully saturated rings. The average Bonchev–Trinajstić information content (AvgIpc) is 2.12. The van der Waals surface area contributed by atoms with Crippen molar-refractivity contribution >= 4 is 15.7 Å². The molecule has 1 aliphatic heterocycles. The van der Waals surface area contributed by atoms with E-state index >= 15 is 0 Å². The number of nitrogens with two attached hydrogens (primary N) is 1. The topological polar surface area (TPSA) is 89.3 Å². The third-order valence-electron chi connectivity index (χ3n) is 2.59. The highest BCUT2D eigenvalue weighted by Crippen LogP contribution is 2.19. The summed E-state index contributed by atoms with van der Waals surface area (Å²) in [5, 5.41) is 1.73. The lowest BCUT2D eigenvalue weighted by Crippen LogP contribution is -2.50. The maximum atomic E-state index is 11.7. The number of rotatable bonds is 3. The van der Waals surface area contributed by atoms with Crippen molar-refractivity contribution < 1.29 is 13.2 Å². The molecule has 1 heterocycles. The minimum absolute atomic E-state index is 0.122. The van der Waals surface area contributed by atoms with Crippen LogP contribution in [0, 0.1) is 0 Å². The Morgan fingerprint density at radius 3 is 2.56 bits per heavy atom. The number of hydrogen-bond acceptors (Lipinski definition) is 4. The molecule has 1 atom stereocenters. The van der Waals surface area contributed by atoms with Crippen molar-refractivity contribution in [3.63, 3.8) is 0 Å². The van der Waals surface area contributed by atoms with E-state index in [2.05, 4.69) is 5.32 Å². The van der Waals surface area contributed by atoms with E-state index in [1.165, 1.54) is 0 Å². The summed E-state index contributed by atoms with van der Waals surface area (Å²) in [6.45, 7) is 3.85. The second-order valence-corrected chi connectivity index (χ2v) is 7.36. The van der Waals surface area contributed by atoms with Crippen molar-refractivity contribution in [3.8, 4) is 0 Å². The van der Waals surface area contributed by atoms with E-state index in [0.29, 0.717) is 12.8 Å². The largest absolute Gasteiger partial charge is 0.353 e. The molecule has 0 aliphatic carbocycles. The SMILES string of the molecule is CC(C)(N)CNC(=O)C1CCCCS1(=O)=O. The Hall–Kier alpha value is -0.620. The van der Waals surface area contributed by atoms with Crippen molar-refractivity contribution in [2.24, 2.45) is 5.73 Å². The van der Waals surface area contributed by atoms with Gasteiger partial charge >= 0.3 is 0 Å². The van der Waals surface area contributed by atoms with Gasteiger partial charge in [0.25, 0.3) is 0 Å². The Morgan fingerprint density at radius 1 is 1.44 bits per heavy atom. The van der Waals surface area contributed by atoms with Crippen LogP contribution in [0.4, 0.5) is 0 Å². The van der Waals surface area contributed by atoms with Crippen LogP contribution in [-0.2, 0) is 14.6 Å². The van der Waals surface area contributed by atoms with E-state index in [0.717, 1.165) is 6.42 Å². The minimum atomic E-state index is -3.24. The van der Waals surface area contributed by atoms with Crippen LogP contribution in [0.1, 0.15) is 33.1 Å². The lowest BCUT2D eigenvalue weighted by molar-refractivity contribution is -0.121. The van der Waals surface area contributed by atoms with Gasteiger partial charge in [-0.15, -0.1) is 0 Å². The smallest absolute Gasteiger partial charge is 0.238 e. The molecule has 3 N–H and O–H groups in total. The van der Waals surface area contributed by atoms with E-state index < -0.39 is 26.5 Å². The lowest BCUT2D eigenvalue weighted by atomic mass is 10.1. The number of carbonyl (C=O) groups excluding carboxylic acids is 1. The fourth-order valence-corrected chi connectivity index (χ4v) is 3.50. The Bertz CT molecular complexity index is 357. The average molecular weight is 248 g/mol. The van der Waals surface area contributed by atoms with Gasteiger partial charge in [0.05, 0.1) is 5.75 Å². The third-order valence-corrected chi connectivity index (χ3v) is 4.76. The first-order chi connectivity index (χ1) is 7.22. The second kappa shape index (κ2) is 4.71. The Balaban J connectivity index is 2.60. The van der Waals surface area contributed by atoms with E-state index in [4.69, 9.17) is 5.73 Å². The summed E-state index contributed by atoms with van der Waals surface area (Å²) in [5.74, 6) is -0.282. The fraction of sp³-hybridized carbons (Fsp3) is 0.900. The summed E-state index contributed by atoms with van der Waals surface area (Å²) < 4.78 is 23.3. The summed E-state index contributed by atoms with van der Waals surface area (Å²) >= 11 is 0. The minimum Gasteiger partial charge on any atom is -0.353 e. The standard InChI is InChI=1S/C10H20N2O3S/c1-10(2,11)7-12-9(13)8-5-3-4-6-16(8,14)15/h8H,3-7,11H2,1-2H3,(H,12,13). The molecule has 1 saturated heterocycles. The Labute approximate surface area is 96.7 Å². The molecular formula is C10H20N2O3S. The quantitative estimate of drug-likeness (QED) is 0.724. The maximum Gasteiger partial charge on any atom is 0.238 e. The van der Waals surface area contributed by atoms with Gasteiger partial charge in [-0.25, -0.2) is 8.42 Å². The highest BCUT2D eigenvalue weighted by molar-refractivity contribution is 7.92. The molecule has 5 nitrogen and oxygen atoms in total.